The molecule has 4 aromatic rings. The summed E-state index contributed by atoms with van der Waals surface area (Å²) in [6, 6.07) is 31.3. The first-order valence-electron chi connectivity index (χ1n) is 9.51. The van der Waals surface area contributed by atoms with Crippen LogP contribution < -0.4 is 0 Å². The van der Waals surface area contributed by atoms with Crippen molar-refractivity contribution in [1.82, 2.24) is 0 Å². The van der Waals surface area contributed by atoms with Gasteiger partial charge in [-0.1, -0.05) is 105 Å². The summed E-state index contributed by atoms with van der Waals surface area (Å²) in [4.78, 5) is 0. The molecule has 0 saturated heterocycles. The fourth-order valence-corrected chi connectivity index (χ4v) is 3.94. The maximum atomic E-state index is 11.1. The maximum absolute atomic E-state index is 11.1. The Bertz CT molecular complexity index is 1050. The quantitative estimate of drug-likeness (QED) is 0.426. The number of fused-ring (bicyclic) bond motifs is 1. The van der Waals surface area contributed by atoms with Gasteiger partial charge >= 0.3 is 0 Å². The largest absolute Gasteiger partial charge is 0.507 e. The Kier molecular flexibility index (Phi) is 4.68. The van der Waals surface area contributed by atoms with Gasteiger partial charge < -0.3 is 5.11 Å². The summed E-state index contributed by atoms with van der Waals surface area (Å²) < 4.78 is 0. The van der Waals surface area contributed by atoms with E-state index in [1.165, 1.54) is 16.7 Å². The van der Waals surface area contributed by atoms with E-state index in [-0.39, 0.29) is 11.8 Å². The van der Waals surface area contributed by atoms with Crippen LogP contribution in [0.15, 0.2) is 91.0 Å². The van der Waals surface area contributed by atoms with Gasteiger partial charge in [-0.15, -0.1) is 0 Å². The Balaban J connectivity index is 1.92. The monoisotopic (exact) mass is 352 g/mol. The summed E-state index contributed by atoms with van der Waals surface area (Å²) in [5.74, 6) is 0.766. The third-order valence-electron chi connectivity index (χ3n) is 5.61. The number of benzene rings is 4. The van der Waals surface area contributed by atoms with Crippen molar-refractivity contribution in [3.05, 3.63) is 113 Å². The molecule has 4 rings (SSSR count). The molecule has 134 valence electrons. The smallest absolute Gasteiger partial charge is 0.127 e. The molecule has 2 unspecified atom stereocenters. The summed E-state index contributed by atoms with van der Waals surface area (Å²) in [5.41, 5.74) is 4.73. The molecule has 0 aliphatic carbocycles. The number of hydrogen-bond donors (Lipinski definition) is 1. The van der Waals surface area contributed by atoms with Crippen LogP contribution in [0.5, 0.6) is 5.75 Å². The predicted octanol–water partition coefficient (Wildman–Crippen LogP) is 6.85. The normalized spacial score (nSPS) is 13.4. The van der Waals surface area contributed by atoms with Crippen LogP contribution in [0.1, 0.15) is 47.9 Å². The van der Waals surface area contributed by atoms with Crippen LogP contribution in [0.3, 0.4) is 0 Å². The molecule has 2 atom stereocenters. The highest BCUT2D eigenvalue weighted by Gasteiger charge is 2.20. The van der Waals surface area contributed by atoms with E-state index in [2.05, 4.69) is 74.5 Å². The Labute approximate surface area is 160 Å². The Morgan fingerprint density at radius 3 is 1.56 bits per heavy atom. The Hall–Kier alpha value is -3.06. The van der Waals surface area contributed by atoms with Gasteiger partial charge in [0.25, 0.3) is 0 Å². The zero-order valence-corrected chi connectivity index (χ0v) is 15.8. The third-order valence-corrected chi connectivity index (χ3v) is 5.61. The van der Waals surface area contributed by atoms with Gasteiger partial charge in [0.2, 0.25) is 0 Å². The van der Waals surface area contributed by atoms with E-state index in [9.17, 15) is 5.11 Å². The minimum Gasteiger partial charge on any atom is -0.507 e. The molecular weight excluding hydrogens is 328 g/mol. The Morgan fingerprint density at radius 2 is 1.00 bits per heavy atom. The van der Waals surface area contributed by atoms with E-state index in [4.69, 9.17) is 0 Å². The SMILES string of the molecule is CC(c1ccccc1)c1cc(C(C)c2ccccc2)c2ccccc2c1O. The van der Waals surface area contributed by atoms with Crippen molar-refractivity contribution >= 4 is 10.8 Å². The predicted molar refractivity (Wildman–Crippen MR) is 114 cm³/mol. The van der Waals surface area contributed by atoms with Gasteiger partial charge in [-0.2, -0.15) is 0 Å². The molecule has 1 N–H and O–H groups in total. The number of aromatic hydroxyl groups is 1. The van der Waals surface area contributed by atoms with Crippen LogP contribution in [0.25, 0.3) is 10.8 Å². The highest BCUT2D eigenvalue weighted by atomic mass is 16.3. The molecule has 0 spiro atoms. The van der Waals surface area contributed by atoms with E-state index >= 15 is 0 Å². The molecule has 0 aliphatic heterocycles. The fraction of sp³-hybridized carbons (Fsp3) is 0.154. The summed E-state index contributed by atoms with van der Waals surface area (Å²) in [6.45, 7) is 4.40. The number of rotatable bonds is 4. The second kappa shape index (κ2) is 7.28. The van der Waals surface area contributed by atoms with E-state index in [1.807, 2.05) is 30.3 Å². The highest BCUT2D eigenvalue weighted by molar-refractivity contribution is 5.93. The van der Waals surface area contributed by atoms with Crippen molar-refractivity contribution in [2.24, 2.45) is 0 Å². The lowest BCUT2D eigenvalue weighted by Gasteiger charge is -2.21. The molecule has 4 aromatic carbocycles. The summed E-state index contributed by atoms with van der Waals surface area (Å²) in [5, 5.41) is 13.1. The molecule has 0 saturated carbocycles. The van der Waals surface area contributed by atoms with Gasteiger partial charge in [0, 0.05) is 22.8 Å². The molecular formula is C26H24O. The van der Waals surface area contributed by atoms with Crippen LogP contribution in [-0.2, 0) is 0 Å². The van der Waals surface area contributed by atoms with Crippen LogP contribution in [0.2, 0.25) is 0 Å². The zero-order valence-electron chi connectivity index (χ0n) is 15.8. The van der Waals surface area contributed by atoms with E-state index in [1.54, 1.807) is 0 Å². The van der Waals surface area contributed by atoms with Gasteiger partial charge in [-0.05, 0) is 22.1 Å². The summed E-state index contributed by atoms with van der Waals surface area (Å²) in [6.07, 6.45) is 0. The second-order valence-corrected chi connectivity index (χ2v) is 7.21. The average Bonchev–Trinajstić information content (AvgIpc) is 2.74. The van der Waals surface area contributed by atoms with Crippen molar-refractivity contribution in [3.8, 4) is 5.75 Å². The topological polar surface area (TPSA) is 20.2 Å². The van der Waals surface area contributed by atoms with Gasteiger partial charge in [0.1, 0.15) is 5.75 Å². The minimum atomic E-state index is 0.123. The first-order chi connectivity index (χ1) is 13.2. The number of phenols is 1. The van der Waals surface area contributed by atoms with Crippen molar-refractivity contribution in [1.29, 1.82) is 0 Å². The molecule has 1 heteroatoms. The summed E-state index contributed by atoms with van der Waals surface area (Å²) in [7, 11) is 0. The van der Waals surface area contributed by atoms with Crippen molar-refractivity contribution in [2.75, 3.05) is 0 Å². The number of phenolic OH excluding ortho intramolecular Hbond substituents is 1. The average molecular weight is 352 g/mol. The first-order valence-corrected chi connectivity index (χ1v) is 9.51. The van der Waals surface area contributed by atoms with Crippen molar-refractivity contribution in [3.63, 3.8) is 0 Å². The second-order valence-electron chi connectivity index (χ2n) is 7.21. The van der Waals surface area contributed by atoms with Crippen LogP contribution >= 0.6 is 0 Å². The van der Waals surface area contributed by atoms with E-state index in [0.717, 1.165) is 16.3 Å². The van der Waals surface area contributed by atoms with Crippen molar-refractivity contribution in [2.45, 2.75) is 25.7 Å². The molecule has 0 aromatic heterocycles. The Morgan fingerprint density at radius 1 is 0.556 bits per heavy atom. The molecule has 0 amide bonds. The lowest BCUT2D eigenvalue weighted by molar-refractivity contribution is 0.472. The molecule has 1 nitrogen and oxygen atoms in total. The maximum Gasteiger partial charge on any atom is 0.127 e. The number of hydrogen-bond acceptors (Lipinski definition) is 1. The van der Waals surface area contributed by atoms with Crippen LogP contribution in [0, 0.1) is 0 Å². The molecule has 0 radical (unpaired) electrons. The first kappa shape index (κ1) is 17.4. The minimum absolute atomic E-state index is 0.123. The van der Waals surface area contributed by atoms with E-state index in [0.29, 0.717) is 5.75 Å². The zero-order chi connectivity index (χ0) is 18.8. The van der Waals surface area contributed by atoms with Crippen molar-refractivity contribution < 1.29 is 5.11 Å². The van der Waals surface area contributed by atoms with Crippen LogP contribution in [-0.4, -0.2) is 5.11 Å². The summed E-state index contributed by atoms with van der Waals surface area (Å²) >= 11 is 0. The van der Waals surface area contributed by atoms with E-state index < -0.39 is 0 Å². The lowest BCUT2D eigenvalue weighted by atomic mass is 9.83. The third kappa shape index (κ3) is 3.21. The van der Waals surface area contributed by atoms with Gasteiger partial charge in [0.15, 0.2) is 0 Å². The van der Waals surface area contributed by atoms with Crippen LogP contribution in [0.4, 0.5) is 0 Å². The standard InChI is InChI=1S/C26H24O/c1-18(20-11-5-3-6-12-20)24-17-25(19(2)21-13-7-4-8-14-21)26(27)23-16-10-9-15-22(23)24/h3-19,27H,1-2H3. The molecule has 0 bridgehead atoms. The molecule has 27 heavy (non-hydrogen) atoms. The van der Waals surface area contributed by atoms with Gasteiger partial charge in [-0.25, -0.2) is 0 Å². The highest BCUT2D eigenvalue weighted by Crippen LogP contribution is 2.41. The molecule has 0 heterocycles. The molecule has 0 aliphatic rings. The fourth-order valence-electron chi connectivity index (χ4n) is 3.94. The van der Waals surface area contributed by atoms with Gasteiger partial charge in [0.05, 0.1) is 0 Å². The van der Waals surface area contributed by atoms with Gasteiger partial charge in [-0.3, -0.25) is 0 Å². The lowest BCUT2D eigenvalue weighted by Crippen LogP contribution is -2.03. The molecule has 0 fully saturated rings.